The maximum absolute atomic E-state index is 12.9. The Labute approximate surface area is 157 Å². The number of nitrogens with zero attached hydrogens (tertiary/aromatic N) is 3. The SMILES string of the molecule is COc1ccc(N(C(=O)OC(C)(C)C)c2ccc3cc(O)ccc3n2)cn1. The number of amides is 1. The Morgan fingerprint density at radius 2 is 1.89 bits per heavy atom. The summed E-state index contributed by atoms with van der Waals surface area (Å²) >= 11 is 0. The summed E-state index contributed by atoms with van der Waals surface area (Å²) in [6, 6.07) is 11.7. The summed E-state index contributed by atoms with van der Waals surface area (Å²) in [7, 11) is 1.52. The molecule has 0 saturated heterocycles. The second-order valence-corrected chi connectivity index (χ2v) is 6.92. The second-order valence-electron chi connectivity index (χ2n) is 6.92. The molecular formula is C20H21N3O4. The molecule has 1 N–H and O–H groups in total. The van der Waals surface area contributed by atoms with Crippen molar-refractivity contribution in [3.05, 3.63) is 48.7 Å². The molecule has 0 spiro atoms. The number of phenolic OH excluding ortho intramolecular Hbond substituents is 1. The molecule has 27 heavy (non-hydrogen) atoms. The monoisotopic (exact) mass is 367 g/mol. The van der Waals surface area contributed by atoms with Crippen molar-refractivity contribution in [2.45, 2.75) is 26.4 Å². The van der Waals surface area contributed by atoms with E-state index in [1.807, 2.05) is 0 Å². The number of ether oxygens (including phenoxy) is 2. The molecule has 0 radical (unpaired) electrons. The van der Waals surface area contributed by atoms with E-state index in [0.29, 0.717) is 22.9 Å². The van der Waals surface area contributed by atoms with Crippen molar-refractivity contribution in [2.24, 2.45) is 0 Å². The molecule has 140 valence electrons. The summed E-state index contributed by atoms with van der Waals surface area (Å²) in [6.45, 7) is 5.39. The third-order valence-corrected chi connectivity index (χ3v) is 3.65. The van der Waals surface area contributed by atoms with Gasteiger partial charge in [0.1, 0.15) is 17.2 Å². The molecule has 0 fully saturated rings. The highest BCUT2D eigenvalue weighted by Crippen LogP contribution is 2.29. The molecule has 1 amide bonds. The Hall–Kier alpha value is -3.35. The highest BCUT2D eigenvalue weighted by molar-refractivity contribution is 5.96. The normalized spacial score (nSPS) is 11.3. The molecule has 1 aromatic carbocycles. The summed E-state index contributed by atoms with van der Waals surface area (Å²) in [4.78, 5) is 22.9. The van der Waals surface area contributed by atoms with Crippen LogP contribution in [0.25, 0.3) is 10.9 Å². The maximum Gasteiger partial charge on any atom is 0.420 e. The number of anilines is 2. The molecule has 0 aliphatic rings. The van der Waals surface area contributed by atoms with Crippen LogP contribution in [0.3, 0.4) is 0 Å². The molecule has 7 nitrogen and oxygen atoms in total. The minimum Gasteiger partial charge on any atom is -0.508 e. The van der Waals surface area contributed by atoms with Gasteiger partial charge < -0.3 is 14.6 Å². The molecular weight excluding hydrogens is 346 g/mol. The number of aromatic nitrogens is 2. The number of aromatic hydroxyl groups is 1. The predicted molar refractivity (Wildman–Crippen MR) is 103 cm³/mol. The summed E-state index contributed by atoms with van der Waals surface area (Å²) in [5.74, 6) is 0.972. The second kappa shape index (κ2) is 7.11. The van der Waals surface area contributed by atoms with Gasteiger partial charge in [-0.15, -0.1) is 0 Å². The van der Waals surface area contributed by atoms with Crippen molar-refractivity contribution in [1.29, 1.82) is 0 Å². The smallest absolute Gasteiger partial charge is 0.420 e. The quantitative estimate of drug-likeness (QED) is 0.738. The molecule has 2 heterocycles. The minimum atomic E-state index is -0.669. The van der Waals surface area contributed by atoms with Crippen LogP contribution < -0.4 is 9.64 Å². The van der Waals surface area contributed by atoms with E-state index in [2.05, 4.69) is 9.97 Å². The molecule has 0 aliphatic carbocycles. The average molecular weight is 367 g/mol. The first kappa shape index (κ1) is 18.4. The average Bonchev–Trinajstić information content (AvgIpc) is 2.61. The number of fused-ring (bicyclic) bond motifs is 1. The first-order chi connectivity index (χ1) is 12.8. The van der Waals surface area contributed by atoms with Crippen molar-refractivity contribution in [3.63, 3.8) is 0 Å². The van der Waals surface area contributed by atoms with Crippen LogP contribution in [-0.2, 0) is 4.74 Å². The topological polar surface area (TPSA) is 84.8 Å². The Morgan fingerprint density at radius 1 is 1.11 bits per heavy atom. The van der Waals surface area contributed by atoms with Crippen LogP contribution in [0, 0.1) is 0 Å². The van der Waals surface area contributed by atoms with Gasteiger partial charge in [-0.3, -0.25) is 0 Å². The standard InChI is InChI=1S/C20H21N3O4/c1-20(2,3)27-19(25)23(14-6-10-18(26-4)21-12-14)17-9-5-13-11-15(24)7-8-16(13)22-17/h5-12,24H,1-4H3. The lowest BCUT2D eigenvalue weighted by molar-refractivity contribution is 0.0598. The lowest BCUT2D eigenvalue weighted by Crippen LogP contribution is -2.34. The first-order valence-electron chi connectivity index (χ1n) is 8.40. The van der Waals surface area contributed by atoms with Gasteiger partial charge in [-0.25, -0.2) is 19.7 Å². The number of hydrogen-bond donors (Lipinski definition) is 1. The number of hydrogen-bond acceptors (Lipinski definition) is 6. The van der Waals surface area contributed by atoms with Crippen molar-refractivity contribution in [3.8, 4) is 11.6 Å². The summed E-state index contributed by atoms with van der Waals surface area (Å²) in [5, 5.41) is 10.4. The minimum absolute atomic E-state index is 0.153. The molecule has 3 rings (SSSR count). The van der Waals surface area contributed by atoms with E-state index in [-0.39, 0.29) is 5.75 Å². The first-order valence-corrected chi connectivity index (χ1v) is 8.40. The lowest BCUT2D eigenvalue weighted by Gasteiger charge is -2.26. The zero-order valence-corrected chi connectivity index (χ0v) is 15.6. The molecule has 0 saturated carbocycles. The molecule has 2 aromatic heterocycles. The zero-order valence-electron chi connectivity index (χ0n) is 15.6. The van der Waals surface area contributed by atoms with Gasteiger partial charge in [0.2, 0.25) is 5.88 Å². The fourth-order valence-electron chi connectivity index (χ4n) is 2.49. The number of carbonyl (C=O) groups excluding carboxylic acids is 1. The van der Waals surface area contributed by atoms with Gasteiger partial charge in [0, 0.05) is 11.5 Å². The fourth-order valence-corrected chi connectivity index (χ4v) is 2.49. The van der Waals surface area contributed by atoms with Crippen molar-refractivity contribution in [1.82, 2.24) is 9.97 Å². The van der Waals surface area contributed by atoms with Gasteiger partial charge >= 0.3 is 6.09 Å². The van der Waals surface area contributed by atoms with Gasteiger partial charge in [0.05, 0.1) is 24.5 Å². The highest BCUT2D eigenvalue weighted by Gasteiger charge is 2.26. The largest absolute Gasteiger partial charge is 0.508 e. The third-order valence-electron chi connectivity index (χ3n) is 3.65. The van der Waals surface area contributed by atoms with Crippen LogP contribution >= 0.6 is 0 Å². The number of rotatable bonds is 3. The molecule has 7 heteroatoms. The molecule has 0 atom stereocenters. The van der Waals surface area contributed by atoms with E-state index in [9.17, 15) is 9.90 Å². The fraction of sp³-hybridized carbons (Fsp3) is 0.250. The van der Waals surface area contributed by atoms with E-state index < -0.39 is 11.7 Å². The number of methoxy groups -OCH3 is 1. The number of benzene rings is 1. The van der Waals surface area contributed by atoms with Gasteiger partial charge in [-0.2, -0.15) is 0 Å². The number of pyridine rings is 2. The molecule has 0 unspecified atom stereocenters. The van der Waals surface area contributed by atoms with Crippen LogP contribution in [0.5, 0.6) is 11.6 Å². The van der Waals surface area contributed by atoms with Gasteiger partial charge in [0.15, 0.2) is 0 Å². The Kier molecular flexibility index (Phi) is 4.85. The number of carbonyl (C=O) groups is 1. The molecule has 0 aliphatic heterocycles. The van der Waals surface area contributed by atoms with Gasteiger partial charge in [-0.1, -0.05) is 0 Å². The summed E-state index contributed by atoms with van der Waals surface area (Å²) in [5.41, 5.74) is 0.466. The Balaban J connectivity index is 2.07. The van der Waals surface area contributed by atoms with Gasteiger partial charge in [-0.05, 0) is 57.2 Å². The third kappa shape index (κ3) is 4.25. The number of phenols is 1. The predicted octanol–water partition coefficient (Wildman–Crippen LogP) is 4.42. The van der Waals surface area contributed by atoms with Crippen molar-refractivity contribution >= 4 is 28.5 Å². The van der Waals surface area contributed by atoms with E-state index in [1.165, 1.54) is 18.2 Å². The van der Waals surface area contributed by atoms with Crippen LogP contribution in [-0.4, -0.2) is 33.9 Å². The van der Waals surface area contributed by atoms with Crippen LogP contribution in [0.1, 0.15) is 20.8 Å². The Bertz CT molecular complexity index is 965. The van der Waals surface area contributed by atoms with Crippen molar-refractivity contribution in [2.75, 3.05) is 12.0 Å². The molecule has 3 aromatic rings. The maximum atomic E-state index is 12.9. The Morgan fingerprint density at radius 3 is 2.52 bits per heavy atom. The van der Waals surface area contributed by atoms with E-state index in [0.717, 1.165) is 5.39 Å². The van der Waals surface area contributed by atoms with Crippen LogP contribution in [0.4, 0.5) is 16.3 Å². The highest BCUT2D eigenvalue weighted by atomic mass is 16.6. The lowest BCUT2D eigenvalue weighted by atomic mass is 10.2. The zero-order chi connectivity index (χ0) is 19.6. The van der Waals surface area contributed by atoms with E-state index in [4.69, 9.17) is 9.47 Å². The molecule has 0 bridgehead atoms. The summed E-state index contributed by atoms with van der Waals surface area (Å²) in [6.07, 6.45) is 0.950. The van der Waals surface area contributed by atoms with E-state index >= 15 is 0 Å². The van der Waals surface area contributed by atoms with Crippen molar-refractivity contribution < 1.29 is 19.4 Å². The van der Waals surface area contributed by atoms with Crippen LogP contribution in [0.2, 0.25) is 0 Å². The van der Waals surface area contributed by atoms with E-state index in [1.54, 1.807) is 63.2 Å². The van der Waals surface area contributed by atoms with Gasteiger partial charge in [0.25, 0.3) is 0 Å². The summed E-state index contributed by atoms with van der Waals surface area (Å²) < 4.78 is 10.6. The van der Waals surface area contributed by atoms with Crippen LogP contribution in [0.15, 0.2) is 48.7 Å².